The van der Waals surface area contributed by atoms with Crippen LogP contribution in [0.4, 0.5) is 0 Å². The lowest BCUT2D eigenvalue weighted by Gasteiger charge is -2.25. The maximum absolute atomic E-state index is 12.8. The Balaban J connectivity index is 5.43. The molecule has 0 aliphatic rings. The zero-order valence-electron chi connectivity index (χ0n) is 17.8. The second kappa shape index (κ2) is 14.6. The fourth-order valence-corrected chi connectivity index (χ4v) is 2.81. The summed E-state index contributed by atoms with van der Waals surface area (Å²) in [4.78, 5) is 59.4. The van der Waals surface area contributed by atoms with Gasteiger partial charge in [-0.05, 0) is 30.8 Å². The predicted octanol–water partition coefficient (Wildman–Crippen LogP) is -1.88. The van der Waals surface area contributed by atoms with E-state index in [0.29, 0.717) is 5.75 Å². The Hall–Kier alpha value is -2.38. The molecule has 0 radical (unpaired) electrons. The molecular weight excluding hydrogens is 432 g/mol. The van der Waals surface area contributed by atoms with Crippen LogP contribution in [0.3, 0.4) is 0 Å². The number of carbonyl (C=O) groups is 5. The number of amides is 3. The Morgan fingerprint density at radius 3 is 1.77 bits per heavy atom. The Morgan fingerprint density at radius 2 is 1.35 bits per heavy atom. The monoisotopic (exact) mass is 464 g/mol. The van der Waals surface area contributed by atoms with Gasteiger partial charge in [-0.25, -0.2) is 4.79 Å². The van der Waals surface area contributed by atoms with Crippen LogP contribution in [-0.2, 0) is 24.0 Å². The quantitative estimate of drug-likeness (QED) is 0.143. The number of thioether (sulfide) groups is 1. The van der Waals surface area contributed by atoms with Crippen molar-refractivity contribution in [2.75, 3.05) is 18.6 Å². The minimum Gasteiger partial charge on any atom is -0.481 e. The highest BCUT2D eigenvalue weighted by Crippen LogP contribution is 2.06. The molecule has 0 aromatic carbocycles. The van der Waals surface area contributed by atoms with Gasteiger partial charge < -0.3 is 37.0 Å². The largest absolute Gasteiger partial charge is 0.481 e. The Kier molecular flexibility index (Phi) is 13.5. The minimum atomic E-state index is -1.62. The van der Waals surface area contributed by atoms with Gasteiger partial charge >= 0.3 is 11.9 Å². The maximum atomic E-state index is 12.8. The van der Waals surface area contributed by atoms with E-state index in [-0.39, 0.29) is 18.8 Å². The van der Waals surface area contributed by atoms with Crippen LogP contribution in [0.15, 0.2) is 0 Å². The van der Waals surface area contributed by atoms with E-state index >= 15 is 0 Å². The first-order valence-corrected chi connectivity index (χ1v) is 11.0. The van der Waals surface area contributed by atoms with Crippen LogP contribution in [0.5, 0.6) is 0 Å². The summed E-state index contributed by atoms with van der Waals surface area (Å²) in [5.41, 5.74) is 5.81. The van der Waals surface area contributed by atoms with Crippen molar-refractivity contribution in [3.05, 3.63) is 0 Å². The van der Waals surface area contributed by atoms with E-state index in [9.17, 15) is 24.0 Å². The Labute approximate surface area is 184 Å². The molecule has 0 aliphatic heterocycles. The third-order valence-corrected chi connectivity index (χ3v) is 4.99. The highest BCUT2D eigenvalue weighted by atomic mass is 32.2. The molecule has 0 aromatic rings. The van der Waals surface area contributed by atoms with Crippen LogP contribution in [-0.4, -0.2) is 87.8 Å². The number of hydrogen-bond acceptors (Lipinski definition) is 8. The van der Waals surface area contributed by atoms with Gasteiger partial charge in [-0.2, -0.15) is 11.8 Å². The van der Waals surface area contributed by atoms with E-state index in [1.165, 1.54) is 11.8 Å². The first-order valence-electron chi connectivity index (χ1n) is 9.65. The molecule has 31 heavy (non-hydrogen) atoms. The second-order valence-electron chi connectivity index (χ2n) is 7.19. The number of carboxylic acid groups (broad SMARTS) is 2. The van der Waals surface area contributed by atoms with Crippen molar-refractivity contribution in [2.45, 2.75) is 57.3 Å². The van der Waals surface area contributed by atoms with Gasteiger partial charge in [-0.1, -0.05) is 13.8 Å². The molecule has 4 atom stereocenters. The van der Waals surface area contributed by atoms with E-state index in [0.717, 1.165) is 0 Å². The lowest BCUT2D eigenvalue weighted by atomic mass is 10.0. The van der Waals surface area contributed by atoms with Gasteiger partial charge in [0.15, 0.2) is 0 Å². The van der Waals surface area contributed by atoms with Crippen molar-refractivity contribution in [1.82, 2.24) is 16.0 Å². The van der Waals surface area contributed by atoms with Crippen molar-refractivity contribution in [2.24, 2.45) is 11.7 Å². The van der Waals surface area contributed by atoms with Gasteiger partial charge in [0.25, 0.3) is 0 Å². The Morgan fingerprint density at radius 1 is 0.871 bits per heavy atom. The van der Waals surface area contributed by atoms with Crippen LogP contribution in [0.25, 0.3) is 0 Å². The molecule has 8 N–H and O–H groups in total. The minimum absolute atomic E-state index is 0.176. The second-order valence-corrected chi connectivity index (χ2v) is 8.17. The summed E-state index contributed by atoms with van der Waals surface area (Å²) >= 11 is 1.43. The van der Waals surface area contributed by atoms with Crippen LogP contribution >= 0.6 is 11.8 Å². The third-order valence-electron chi connectivity index (χ3n) is 4.34. The number of aliphatic carboxylic acids is 2. The number of nitrogens with two attached hydrogens (primary N) is 1. The Bertz CT molecular complexity index is 646. The van der Waals surface area contributed by atoms with Crippen LogP contribution in [0, 0.1) is 5.92 Å². The highest BCUT2D eigenvalue weighted by Gasteiger charge is 2.30. The zero-order valence-corrected chi connectivity index (χ0v) is 18.6. The molecule has 12 nitrogen and oxygen atoms in total. The van der Waals surface area contributed by atoms with Gasteiger partial charge in [0.05, 0.1) is 12.6 Å². The van der Waals surface area contributed by atoms with Crippen molar-refractivity contribution < 1.29 is 39.3 Å². The summed E-state index contributed by atoms with van der Waals surface area (Å²) in [5.74, 6) is -4.64. The maximum Gasteiger partial charge on any atom is 0.328 e. The number of aliphatic hydroxyl groups excluding tert-OH is 1. The summed E-state index contributed by atoms with van der Waals surface area (Å²) in [5, 5.41) is 33.9. The van der Waals surface area contributed by atoms with E-state index in [1.807, 2.05) is 5.32 Å². The number of rotatable bonds is 15. The van der Waals surface area contributed by atoms with Crippen molar-refractivity contribution in [3.63, 3.8) is 0 Å². The molecule has 0 bridgehead atoms. The van der Waals surface area contributed by atoms with Gasteiger partial charge in [-0.15, -0.1) is 0 Å². The van der Waals surface area contributed by atoms with Crippen LogP contribution < -0.4 is 21.7 Å². The fraction of sp³-hybridized carbons (Fsp3) is 0.722. The molecule has 0 aliphatic carbocycles. The molecule has 0 aromatic heterocycles. The molecule has 0 rings (SSSR count). The number of nitrogens with one attached hydrogen (secondary N) is 3. The molecule has 13 heteroatoms. The van der Waals surface area contributed by atoms with E-state index in [2.05, 4.69) is 10.6 Å². The number of carbonyl (C=O) groups excluding carboxylic acids is 3. The highest BCUT2D eigenvalue weighted by molar-refractivity contribution is 7.98. The fourth-order valence-electron chi connectivity index (χ4n) is 2.34. The first kappa shape index (κ1) is 28.6. The molecule has 0 fully saturated rings. The standard InChI is InChI=1S/C18H32N4O8S/c1-9(2)14(19)17(28)21-11(6-7-31-3)16(27)20-10(4-5-13(24)25)15(26)22-12(8-23)18(29)30/h9-12,14,23H,4-8,19H2,1-3H3,(H,20,27)(H,21,28)(H,22,26)(H,24,25)(H,29,30). The average Bonchev–Trinajstić information content (AvgIpc) is 2.70. The topological polar surface area (TPSA) is 208 Å². The van der Waals surface area contributed by atoms with Gasteiger partial charge in [0.1, 0.15) is 18.1 Å². The summed E-state index contributed by atoms with van der Waals surface area (Å²) in [6.07, 6.45) is 1.24. The zero-order chi connectivity index (χ0) is 24.1. The van der Waals surface area contributed by atoms with Crippen molar-refractivity contribution >= 4 is 41.4 Å². The summed E-state index contributed by atoms with van der Waals surface area (Å²) < 4.78 is 0. The van der Waals surface area contributed by atoms with Crippen LogP contribution in [0.2, 0.25) is 0 Å². The molecule has 4 unspecified atom stereocenters. The smallest absolute Gasteiger partial charge is 0.328 e. The lowest BCUT2D eigenvalue weighted by molar-refractivity contribution is -0.144. The predicted molar refractivity (Wildman–Crippen MR) is 113 cm³/mol. The molecule has 0 heterocycles. The normalized spacial score (nSPS) is 14.8. The van der Waals surface area contributed by atoms with Crippen LogP contribution in [0.1, 0.15) is 33.1 Å². The van der Waals surface area contributed by atoms with Gasteiger partial charge in [0, 0.05) is 6.42 Å². The van der Waals surface area contributed by atoms with Gasteiger partial charge in [0.2, 0.25) is 17.7 Å². The number of aliphatic hydroxyl groups is 1. The summed E-state index contributed by atoms with van der Waals surface area (Å²) in [6.45, 7) is 2.60. The molecular formula is C18H32N4O8S. The molecule has 0 spiro atoms. The summed E-state index contributed by atoms with van der Waals surface area (Å²) in [6, 6.07) is -4.88. The van der Waals surface area contributed by atoms with E-state index in [1.54, 1.807) is 20.1 Å². The summed E-state index contributed by atoms with van der Waals surface area (Å²) in [7, 11) is 0. The SMILES string of the molecule is CSCCC(NC(=O)C(N)C(C)C)C(=O)NC(CCC(=O)O)C(=O)NC(CO)C(=O)O. The van der Waals surface area contributed by atoms with Gasteiger partial charge in [-0.3, -0.25) is 19.2 Å². The number of hydrogen-bond donors (Lipinski definition) is 7. The first-order chi connectivity index (χ1) is 14.4. The lowest BCUT2D eigenvalue weighted by Crippen LogP contribution is -2.58. The molecule has 0 saturated carbocycles. The molecule has 178 valence electrons. The number of carboxylic acids is 2. The molecule has 0 saturated heterocycles. The van der Waals surface area contributed by atoms with Crippen molar-refractivity contribution in [1.29, 1.82) is 0 Å². The third kappa shape index (κ3) is 11.0. The van der Waals surface area contributed by atoms with E-state index in [4.69, 9.17) is 21.1 Å². The van der Waals surface area contributed by atoms with E-state index < -0.39 is 66.9 Å². The average molecular weight is 465 g/mol. The van der Waals surface area contributed by atoms with Crippen molar-refractivity contribution in [3.8, 4) is 0 Å². The molecule has 3 amide bonds.